The number of nitrogens with one attached hydrogen (secondary N) is 3. The zero-order valence-corrected chi connectivity index (χ0v) is 12.1. The van der Waals surface area contributed by atoms with Crippen LogP contribution in [-0.4, -0.2) is 32.0 Å². The molecule has 0 bridgehead atoms. The van der Waals surface area contributed by atoms with Gasteiger partial charge in [-0.25, -0.2) is 0 Å². The van der Waals surface area contributed by atoms with E-state index in [0.29, 0.717) is 23.7 Å². The van der Waals surface area contributed by atoms with E-state index in [-0.39, 0.29) is 17.7 Å². The van der Waals surface area contributed by atoms with Crippen molar-refractivity contribution in [3.63, 3.8) is 0 Å². The maximum Gasteiger partial charge on any atom is 0.251 e. The molecule has 0 saturated carbocycles. The van der Waals surface area contributed by atoms with E-state index < -0.39 is 0 Å². The van der Waals surface area contributed by atoms with Crippen molar-refractivity contribution in [1.82, 2.24) is 10.6 Å². The lowest BCUT2D eigenvalue weighted by molar-refractivity contribution is -0.120. The summed E-state index contributed by atoms with van der Waals surface area (Å²) in [6, 6.07) is 5.32. The lowest BCUT2D eigenvalue weighted by Gasteiger charge is -2.16. The molecule has 1 aromatic carbocycles. The average Bonchev–Trinajstić information content (AvgIpc) is 2.86. The molecule has 1 saturated heterocycles. The summed E-state index contributed by atoms with van der Waals surface area (Å²) in [7, 11) is 1.59. The number of hydrogen-bond acceptors (Lipinski definition) is 3. The SMILES string of the molecule is CNC(=O)c1ccc(C)c(NC(=O)[C@@H]2CNC[C@H]2C)c1. The van der Waals surface area contributed by atoms with Crippen LogP contribution in [-0.2, 0) is 4.79 Å². The highest BCUT2D eigenvalue weighted by Gasteiger charge is 2.29. The summed E-state index contributed by atoms with van der Waals surface area (Å²) in [6.07, 6.45) is 0. The molecule has 5 nitrogen and oxygen atoms in total. The monoisotopic (exact) mass is 275 g/mol. The Hall–Kier alpha value is -1.88. The van der Waals surface area contributed by atoms with Crippen LogP contribution in [0.2, 0.25) is 0 Å². The highest BCUT2D eigenvalue weighted by molar-refractivity contribution is 5.98. The minimum atomic E-state index is -0.156. The van der Waals surface area contributed by atoms with Gasteiger partial charge in [0.15, 0.2) is 0 Å². The molecule has 1 aliphatic heterocycles. The zero-order chi connectivity index (χ0) is 14.7. The molecule has 1 aromatic rings. The van der Waals surface area contributed by atoms with Gasteiger partial charge in [0, 0.05) is 24.8 Å². The van der Waals surface area contributed by atoms with Crippen molar-refractivity contribution < 1.29 is 9.59 Å². The summed E-state index contributed by atoms with van der Waals surface area (Å²) in [5.74, 6) is 0.173. The van der Waals surface area contributed by atoms with Crippen LogP contribution in [0.3, 0.4) is 0 Å². The fourth-order valence-corrected chi connectivity index (χ4v) is 2.43. The number of carbonyl (C=O) groups excluding carboxylic acids is 2. The van der Waals surface area contributed by atoms with E-state index >= 15 is 0 Å². The third-order valence-electron chi connectivity index (χ3n) is 3.84. The largest absolute Gasteiger partial charge is 0.355 e. The van der Waals surface area contributed by atoms with Crippen molar-refractivity contribution in [3.8, 4) is 0 Å². The van der Waals surface area contributed by atoms with Crippen LogP contribution in [0.25, 0.3) is 0 Å². The number of amides is 2. The summed E-state index contributed by atoms with van der Waals surface area (Å²) in [4.78, 5) is 23.9. The molecule has 2 rings (SSSR count). The molecule has 0 unspecified atom stereocenters. The molecule has 1 aliphatic rings. The van der Waals surface area contributed by atoms with Crippen molar-refractivity contribution in [2.24, 2.45) is 11.8 Å². The first kappa shape index (κ1) is 14.5. The van der Waals surface area contributed by atoms with Gasteiger partial charge in [-0.3, -0.25) is 9.59 Å². The summed E-state index contributed by atoms with van der Waals surface area (Å²) in [5, 5.41) is 8.74. The van der Waals surface area contributed by atoms with Gasteiger partial charge in [0.05, 0.1) is 5.92 Å². The topological polar surface area (TPSA) is 70.2 Å². The summed E-state index contributed by atoms with van der Waals surface area (Å²) in [6.45, 7) is 5.56. The Morgan fingerprint density at radius 1 is 1.30 bits per heavy atom. The second kappa shape index (κ2) is 6.05. The number of benzene rings is 1. The van der Waals surface area contributed by atoms with E-state index in [9.17, 15) is 9.59 Å². The standard InChI is InChI=1S/C15H21N3O2/c1-9-4-5-11(14(19)16-3)6-13(9)18-15(20)12-8-17-7-10(12)2/h4-6,10,12,17H,7-8H2,1-3H3,(H,16,19)(H,18,20)/t10-,12-/m1/s1. The van der Waals surface area contributed by atoms with Crippen LogP contribution in [0.5, 0.6) is 0 Å². The van der Waals surface area contributed by atoms with Gasteiger partial charge < -0.3 is 16.0 Å². The van der Waals surface area contributed by atoms with Gasteiger partial charge in [-0.05, 0) is 37.1 Å². The lowest BCUT2D eigenvalue weighted by Crippen LogP contribution is -2.28. The van der Waals surface area contributed by atoms with Crippen LogP contribution in [0.15, 0.2) is 18.2 Å². The fraction of sp³-hybridized carbons (Fsp3) is 0.467. The third-order valence-corrected chi connectivity index (χ3v) is 3.84. The Morgan fingerprint density at radius 3 is 2.65 bits per heavy atom. The number of carbonyl (C=O) groups is 2. The summed E-state index contributed by atoms with van der Waals surface area (Å²) in [5.41, 5.74) is 2.20. The van der Waals surface area contributed by atoms with Crippen LogP contribution >= 0.6 is 0 Å². The van der Waals surface area contributed by atoms with E-state index in [1.54, 1.807) is 19.2 Å². The highest BCUT2D eigenvalue weighted by Crippen LogP contribution is 2.21. The Bertz CT molecular complexity index is 528. The maximum absolute atomic E-state index is 12.3. The summed E-state index contributed by atoms with van der Waals surface area (Å²) < 4.78 is 0. The van der Waals surface area contributed by atoms with Crippen molar-refractivity contribution in [3.05, 3.63) is 29.3 Å². The quantitative estimate of drug-likeness (QED) is 0.775. The molecule has 3 N–H and O–H groups in total. The first-order valence-electron chi connectivity index (χ1n) is 6.87. The van der Waals surface area contributed by atoms with Crippen LogP contribution in [0.1, 0.15) is 22.8 Å². The third kappa shape index (κ3) is 2.99. The normalized spacial score (nSPS) is 21.6. The highest BCUT2D eigenvalue weighted by atomic mass is 16.2. The maximum atomic E-state index is 12.3. The van der Waals surface area contributed by atoms with Crippen molar-refractivity contribution in [2.45, 2.75) is 13.8 Å². The van der Waals surface area contributed by atoms with Crippen LogP contribution < -0.4 is 16.0 Å². The van der Waals surface area contributed by atoms with Crippen LogP contribution in [0, 0.1) is 18.8 Å². The summed E-state index contributed by atoms with van der Waals surface area (Å²) >= 11 is 0. The molecule has 0 radical (unpaired) electrons. The minimum absolute atomic E-state index is 0.0136. The molecule has 5 heteroatoms. The van der Waals surface area contributed by atoms with E-state index in [1.807, 2.05) is 13.0 Å². The first-order chi connectivity index (χ1) is 9.52. The predicted octanol–water partition coefficient (Wildman–Crippen LogP) is 1.15. The van der Waals surface area contributed by atoms with Gasteiger partial charge in [-0.15, -0.1) is 0 Å². The molecular weight excluding hydrogens is 254 g/mol. The number of aryl methyl sites for hydroxylation is 1. The molecule has 0 aromatic heterocycles. The smallest absolute Gasteiger partial charge is 0.251 e. The van der Waals surface area contributed by atoms with Crippen molar-refractivity contribution in [1.29, 1.82) is 0 Å². The molecule has 0 aliphatic carbocycles. The minimum Gasteiger partial charge on any atom is -0.355 e. The van der Waals surface area contributed by atoms with Crippen LogP contribution in [0.4, 0.5) is 5.69 Å². The molecular formula is C15H21N3O2. The number of hydrogen-bond donors (Lipinski definition) is 3. The van der Waals surface area contributed by atoms with E-state index in [4.69, 9.17) is 0 Å². The Kier molecular flexibility index (Phi) is 4.39. The average molecular weight is 275 g/mol. The molecule has 1 fully saturated rings. The Balaban J connectivity index is 2.16. The number of anilines is 1. The van der Waals surface area contributed by atoms with E-state index in [0.717, 1.165) is 12.1 Å². The molecule has 20 heavy (non-hydrogen) atoms. The zero-order valence-electron chi connectivity index (χ0n) is 12.1. The molecule has 2 atom stereocenters. The van der Waals surface area contributed by atoms with E-state index in [2.05, 4.69) is 22.9 Å². The Morgan fingerprint density at radius 2 is 2.05 bits per heavy atom. The molecule has 0 spiro atoms. The van der Waals surface area contributed by atoms with Gasteiger partial charge in [0.25, 0.3) is 5.91 Å². The Labute approximate surface area is 119 Å². The number of rotatable bonds is 3. The second-order valence-corrected chi connectivity index (χ2v) is 5.34. The van der Waals surface area contributed by atoms with Gasteiger partial charge in [-0.2, -0.15) is 0 Å². The van der Waals surface area contributed by atoms with Gasteiger partial charge in [-0.1, -0.05) is 13.0 Å². The second-order valence-electron chi connectivity index (χ2n) is 5.34. The van der Waals surface area contributed by atoms with Crippen molar-refractivity contribution in [2.75, 3.05) is 25.5 Å². The first-order valence-corrected chi connectivity index (χ1v) is 6.87. The van der Waals surface area contributed by atoms with Gasteiger partial charge in [0.1, 0.15) is 0 Å². The van der Waals surface area contributed by atoms with Gasteiger partial charge >= 0.3 is 0 Å². The lowest BCUT2D eigenvalue weighted by atomic mass is 9.97. The van der Waals surface area contributed by atoms with E-state index in [1.165, 1.54) is 0 Å². The molecule has 108 valence electrons. The molecule has 1 heterocycles. The predicted molar refractivity (Wildman–Crippen MR) is 78.7 cm³/mol. The fourth-order valence-electron chi connectivity index (χ4n) is 2.43. The van der Waals surface area contributed by atoms with Crippen molar-refractivity contribution >= 4 is 17.5 Å². The molecule has 2 amide bonds. The van der Waals surface area contributed by atoms with Gasteiger partial charge in [0.2, 0.25) is 5.91 Å².